The largest absolute Gasteiger partial charge is 0.573 e. The van der Waals surface area contributed by atoms with Crippen LogP contribution in [-0.4, -0.2) is 21.8 Å². The van der Waals surface area contributed by atoms with Crippen molar-refractivity contribution in [3.05, 3.63) is 52.4 Å². The maximum Gasteiger partial charge on any atom is 0.573 e. The number of amides is 1. The number of hydrogen-bond donors (Lipinski definition) is 1. The second-order valence-electron chi connectivity index (χ2n) is 5.02. The number of aromatic nitrogens is 2. The van der Waals surface area contributed by atoms with E-state index in [2.05, 4.69) is 15.0 Å². The SMILES string of the molecule is Cn1ccc(C(=O)Nc2nc3ccc(OC(F)(F)F)cc3s2)cc1=O. The topological polar surface area (TPSA) is 73.2 Å². The van der Waals surface area contributed by atoms with Gasteiger partial charge >= 0.3 is 6.36 Å². The first kappa shape index (κ1) is 17.0. The average molecular weight is 369 g/mol. The van der Waals surface area contributed by atoms with Gasteiger partial charge < -0.3 is 9.30 Å². The molecule has 1 amide bonds. The quantitative estimate of drug-likeness (QED) is 0.770. The van der Waals surface area contributed by atoms with Gasteiger partial charge in [-0.25, -0.2) is 4.98 Å². The van der Waals surface area contributed by atoms with E-state index in [1.165, 1.54) is 35.0 Å². The Morgan fingerprint density at radius 1 is 1.28 bits per heavy atom. The number of nitrogens with one attached hydrogen (secondary N) is 1. The van der Waals surface area contributed by atoms with Gasteiger partial charge in [0.05, 0.1) is 10.2 Å². The summed E-state index contributed by atoms with van der Waals surface area (Å²) in [6.45, 7) is 0. The summed E-state index contributed by atoms with van der Waals surface area (Å²) >= 11 is 0.994. The summed E-state index contributed by atoms with van der Waals surface area (Å²) in [7, 11) is 1.55. The molecule has 10 heteroatoms. The number of nitrogens with zero attached hydrogens (tertiary/aromatic N) is 2. The molecule has 0 aliphatic carbocycles. The average Bonchev–Trinajstić information content (AvgIpc) is 2.89. The molecule has 0 saturated heterocycles. The first-order chi connectivity index (χ1) is 11.7. The van der Waals surface area contributed by atoms with Crippen molar-refractivity contribution >= 4 is 32.6 Å². The van der Waals surface area contributed by atoms with Crippen LogP contribution in [0.25, 0.3) is 10.2 Å². The lowest BCUT2D eigenvalue weighted by atomic mass is 10.2. The van der Waals surface area contributed by atoms with E-state index < -0.39 is 12.3 Å². The number of anilines is 1. The first-order valence-electron chi connectivity index (χ1n) is 6.86. The Balaban J connectivity index is 1.83. The zero-order valence-corrected chi connectivity index (χ0v) is 13.4. The highest BCUT2D eigenvalue weighted by Gasteiger charge is 2.31. The number of halogens is 3. The molecule has 130 valence electrons. The fourth-order valence-corrected chi connectivity index (χ4v) is 2.90. The molecule has 0 unspecified atom stereocenters. The van der Waals surface area contributed by atoms with Crippen molar-refractivity contribution in [2.75, 3.05) is 5.32 Å². The van der Waals surface area contributed by atoms with Gasteiger partial charge in [0.1, 0.15) is 5.75 Å². The van der Waals surface area contributed by atoms with Crippen LogP contribution in [0.1, 0.15) is 10.4 Å². The summed E-state index contributed by atoms with van der Waals surface area (Å²) < 4.78 is 42.3. The molecule has 2 heterocycles. The second-order valence-corrected chi connectivity index (χ2v) is 6.05. The Kier molecular flexibility index (Phi) is 4.21. The van der Waals surface area contributed by atoms with Gasteiger partial charge in [-0.2, -0.15) is 0 Å². The number of carbonyl (C=O) groups is 1. The normalized spacial score (nSPS) is 11.5. The minimum atomic E-state index is -4.78. The Morgan fingerprint density at radius 3 is 2.72 bits per heavy atom. The van der Waals surface area contributed by atoms with E-state index in [1.807, 2.05) is 0 Å². The fourth-order valence-electron chi connectivity index (χ4n) is 2.01. The summed E-state index contributed by atoms with van der Waals surface area (Å²) in [6, 6.07) is 6.34. The van der Waals surface area contributed by atoms with Crippen molar-refractivity contribution in [3.8, 4) is 5.75 Å². The molecule has 25 heavy (non-hydrogen) atoms. The maximum absolute atomic E-state index is 12.2. The van der Waals surface area contributed by atoms with E-state index in [1.54, 1.807) is 7.05 Å². The van der Waals surface area contributed by atoms with Crippen molar-refractivity contribution in [1.29, 1.82) is 0 Å². The third kappa shape index (κ3) is 3.97. The van der Waals surface area contributed by atoms with Crippen LogP contribution in [0.5, 0.6) is 5.75 Å². The van der Waals surface area contributed by atoms with E-state index in [0.717, 1.165) is 17.4 Å². The lowest BCUT2D eigenvalue weighted by molar-refractivity contribution is -0.274. The van der Waals surface area contributed by atoms with Crippen molar-refractivity contribution in [2.45, 2.75) is 6.36 Å². The number of pyridine rings is 1. The van der Waals surface area contributed by atoms with Gasteiger partial charge in [-0.1, -0.05) is 11.3 Å². The van der Waals surface area contributed by atoms with Gasteiger partial charge in [0.2, 0.25) is 0 Å². The van der Waals surface area contributed by atoms with Gasteiger partial charge in [0, 0.05) is 30.9 Å². The van der Waals surface area contributed by atoms with E-state index in [0.29, 0.717) is 10.2 Å². The van der Waals surface area contributed by atoms with Crippen LogP contribution in [0.2, 0.25) is 0 Å². The van der Waals surface area contributed by atoms with Gasteiger partial charge in [-0.3, -0.25) is 14.9 Å². The molecule has 0 saturated carbocycles. The Labute approximate surface area is 142 Å². The van der Waals surface area contributed by atoms with Crippen LogP contribution < -0.4 is 15.6 Å². The third-order valence-corrected chi connectivity index (χ3v) is 4.11. The molecule has 2 aromatic heterocycles. The van der Waals surface area contributed by atoms with Crippen LogP contribution in [0.4, 0.5) is 18.3 Å². The molecule has 0 bridgehead atoms. The maximum atomic E-state index is 12.2. The monoisotopic (exact) mass is 369 g/mol. The number of ether oxygens (including phenoxy) is 1. The highest BCUT2D eigenvalue weighted by atomic mass is 32.1. The van der Waals surface area contributed by atoms with Crippen LogP contribution >= 0.6 is 11.3 Å². The smallest absolute Gasteiger partial charge is 0.406 e. The van der Waals surface area contributed by atoms with Crippen LogP contribution in [-0.2, 0) is 7.05 Å². The number of hydrogen-bond acceptors (Lipinski definition) is 5. The fraction of sp³-hybridized carbons (Fsp3) is 0.133. The minimum Gasteiger partial charge on any atom is -0.406 e. The number of benzene rings is 1. The van der Waals surface area contributed by atoms with E-state index in [9.17, 15) is 22.8 Å². The Morgan fingerprint density at radius 2 is 2.04 bits per heavy atom. The predicted octanol–water partition coefficient (Wildman–Crippen LogP) is 3.15. The van der Waals surface area contributed by atoms with Crippen molar-refractivity contribution < 1.29 is 22.7 Å². The molecular formula is C15H10F3N3O3S. The summed E-state index contributed by atoms with van der Waals surface area (Å²) in [5.74, 6) is -0.906. The molecule has 3 rings (SSSR count). The van der Waals surface area contributed by atoms with Gasteiger partial charge in [0.25, 0.3) is 11.5 Å². The number of thiazole rings is 1. The van der Waals surface area contributed by atoms with Crippen LogP contribution in [0, 0.1) is 0 Å². The summed E-state index contributed by atoms with van der Waals surface area (Å²) in [4.78, 5) is 27.8. The Hall–Kier alpha value is -2.88. The highest BCUT2D eigenvalue weighted by Crippen LogP contribution is 2.31. The molecule has 0 fully saturated rings. The van der Waals surface area contributed by atoms with E-state index in [-0.39, 0.29) is 22.0 Å². The number of alkyl halides is 3. The molecule has 1 N–H and O–H groups in total. The lowest BCUT2D eigenvalue weighted by Crippen LogP contribution is -2.19. The zero-order valence-electron chi connectivity index (χ0n) is 12.6. The zero-order chi connectivity index (χ0) is 18.2. The number of fused-ring (bicyclic) bond motifs is 1. The van der Waals surface area contributed by atoms with Crippen molar-refractivity contribution in [1.82, 2.24) is 9.55 Å². The molecule has 6 nitrogen and oxygen atoms in total. The Bertz CT molecular complexity index is 1010. The molecule has 0 radical (unpaired) electrons. The number of carbonyl (C=O) groups excluding carboxylic acids is 1. The van der Waals surface area contributed by atoms with Crippen LogP contribution in [0.3, 0.4) is 0 Å². The molecule has 0 atom stereocenters. The van der Waals surface area contributed by atoms with Crippen LogP contribution in [0.15, 0.2) is 41.3 Å². The number of rotatable bonds is 3. The highest BCUT2D eigenvalue weighted by molar-refractivity contribution is 7.22. The summed E-state index contributed by atoms with van der Waals surface area (Å²) in [5, 5.41) is 2.72. The van der Waals surface area contributed by atoms with Crippen molar-refractivity contribution in [2.24, 2.45) is 7.05 Å². The summed E-state index contributed by atoms with van der Waals surface area (Å²) in [6.07, 6.45) is -3.33. The predicted molar refractivity (Wildman–Crippen MR) is 85.9 cm³/mol. The lowest BCUT2D eigenvalue weighted by Gasteiger charge is -2.07. The minimum absolute atomic E-state index is 0.156. The second kappa shape index (κ2) is 6.20. The van der Waals surface area contributed by atoms with Crippen molar-refractivity contribution in [3.63, 3.8) is 0 Å². The third-order valence-electron chi connectivity index (χ3n) is 3.18. The summed E-state index contributed by atoms with van der Waals surface area (Å²) in [5.41, 5.74) is 0.230. The van der Waals surface area contributed by atoms with E-state index >= 15 is 0 Å². The first-order valence-corrected chi connectivity index (χ1v) is 7.67. The van der Waals surface area contributed by atoms with Gasteiger partial charge in [-0.15, -0.1) is 13.2 Å². The molecule has 0 aliphatic heterocycles. The van der Waals surface area contributed by atoms with Gasteiger partial charge in [-0.05, 0) is 18.2 Å². The number of aryl methyl sites for hydroxylation is 1. The van der Waals surface area contributed by atoms with E-state index in [4.69, 9.17) is 0 Å². The molecule has 0 spiro atoms. The molecular weight excluding hydrogens is 359 g/mol. The molecule has 0 aliphatic rings. The van der Waals surface area contributed by atoms with Gasteiger partial charge in [0.15, 0.2) is 5.13 Å². The molecule has 1 aromatic carbocycles. The molecule has 3 aromatic rings. The standard InChI is InChI=1S/C15H10F3N3O3S/c1-21-5-4-8(6-12(21)22)13(23)20-14-19-10-3-2-9(7-11(10)25-14)24-15(16,17)18/h2-7H,1H3,(H,19,20,23).